The normalized spacial score (nSPS) is 16.0. The van der Waals surface area contributed by atoms with Crippen molar-refractivity contribution in [1.29, 1.82) is 0 Å². The van der Waals surface area contributed by atoms with Crippen molar-refractivity contribution in [1.82, 2.24) is 19.4 Å². The van der Waals surface area contributed by atoms with Gasteiger partial charge in [-0.3, -0.25) is 14.6 Å². The van der Waals surface area contributed by atoms with Crippen molar-refractivity contribution in [2.45, 2.75) is 38.8 Å². The number of H-pyrrole nitrogens is 1. The van der Waals surface area contributed by atoms with Crippen LogP contribution in [0.5, 0.6) is 0 Å². The van der Waals surface area contributed by atoms with E-state index in [0.717, 1.165) is 30.5 Å². The van der Waals surface area contributed by atoms with Crippen LogP contribution in [-0.4, -0.2) is 32.4 Å². The van der Waals surface area contributed by atoms with Gasteiger partial charge < -0.3 is 14.5 Å². The summed E-state index contributed by atoms with van der Waals surface area (Å²) in [5.74, 6) is -0.0866. The summed E-state index contributed by atoms with van der Waals surface area (Å²) in [4.78, 5) is 35.3. The summed E-state index contributed by atoms with van der Waals surface area (Å²) in [6.07, 6.45) is 9.94. The van der Waals surface area contributed by atoms with Gasteiger partial charge in [-0.15, -0.1) is 6.58 Å². The molecule has 0 aromatic carbocycles. The molecule has 3 aromatic rings. The maximum Gasteiger partial charge on any atom is 0.275 e. The number of fused-ring (bicyclic) bond motifs is 2. The smallest absolute Gasteiger partial charge is 0.275 e. The summed E-state index contributed by atoms with van der Waals surface area (Å²) in [6, 6.07) is 3.89. The van der Waals surface area contributed by atoms with Crippen molar-refractivity contribution in [2.24, 2.45) is 0 Å². The number of aromatic amines is 1. The number of carbonyl (C=O) groups excluding carboxylic acids is 1. The molecule has 0 saturated heterocycles. The van der Waals surface area contributed by atoms with Crippen molar-refractivity contribution in [3.63, 3.8) is 0 Å². The standard InChI is InChI=1S/C22H24N4O2.H2/c1-4-10-26-13-18(17-11-14(2)24-20(17)22(26)28)21(27)25(3)19-7-5-6-15-12-23-9-8-16(15)19;/h4,8-9,11-13,19,24H,1,5-7,10H2,2-3H3;1H. The van der Waals surface area contributed by atoms with Crippen LogP contribution >= 0.6 is 0 Å². The number of amides is 1. The van der Waals surface area contributed by atoms with Crippen LogP contribution in [0.2, 0.25) is 0 Å². The monoisotopic (exact) mass is 378 g/mol. The lowest BCUT2D eigenvalue weighted by atomic mass is 9.88. The summed E-state index contributed by atoms with van der Waals surface area (Å²) >= 11 is 0. The first-order valence-electron chi connectivity index (χ1n) is 9.55. The molecular formula is C22H26N4O2. The van der Waals surface area contributed by atoms with Gasteiger partial charge in [0.2, 0.25) is 0 Å². The molecule has 1 atom stereocenters. The average Bonchev–Trinajstić information content (AvgIpc) is 3.10. The quantitative estimate of drug-likeness (QED) is 0.705. The van der Waals surface area contributed by atoms with Crippen LogP contribution < -0.4 is 5.56 Å². The zero-order chi connectivity index (χ0) is 19.8. The van der Waals surface area contributed by atoms with E-state index in [0.29, 0.717) is 23.0 Å². The van der Waals surface area contributed by atoms with Crippen LogP contribution in [0.4, 0.5) is 0 Å². The lowest BCUT2D eigenvalue weighted by molar-refractivity contribution is 0.0716. The van der Waals surface area contributed by atoms with Crippen molar-refractivity contribution in [2.75, 3.05) is 7.05 Å². The van der Waals surface area contributed by atoms with E-state index in [9.17, 15) is 9.59 Å². The third-order valence-electron chi connectivity index (χ3n) is 5.57. The number of aromatic nitrogens is 3. The Balaban J connectivity index is 0.00000240. The minimum absolute atomic E-state index is 0. The van der Waals surface area contributed by atoms with Gasteiger partial charge in [-0.05, 0) is 49.4 Å². The Morgan fingerprint density at radius 2 is 2.36 bits per heavy atom. The van der Waals surface area contributed by atoms with Gasteiger partial charge in [0.25, 0.3) is 11.5 Å². The van der Waals surface area contributed by atoms with E-state index in [4.69, 9.17) is 0 Å². The maximum absolute atomic E-state index is 13.5. The molecule has 1 N–H and O–H groups in total. The zero-order valence-corrected chi connectivity index (χ0v) is 16.2. The van der Waals surface area contributed by atoms with Gasteiger partial charge in [-0.1, -0.05) is 6.08 Å². The second kappa shape index (κ2) is 7.11. The SMILES string of the molecule is C=CCn1cc(C(=O)N(C)C2CCCc3cnccc32)c2cc(C)[nH]c2c1=O.[HH]. The van der Waals surface area contributed by atoms with Crippen molar-refractivity contribution in [3.05, 3.63) is 76.1 Å². The Bertz CT molecular complexity index is 1130. The fourth-order valence-electron chi connectivity index (χ4n) is 4.19. The first-order chi connectivity index (χ1) is 13.5. The van der Waals surface area contributed by atoms with Crippen LogP contribution in [-0.2, 0) is 13.0 Å². The third-order valence-corrected chi connectivity index (χ3v) is 5.57. The molecule has 146 valence electrons. The molecule has 4 rings (SSSR count). The van der Waals surface area contributed by atoms with E-state index < -0.39 is 0 Å². The summed E-state index contributed by atoms with van der Waals surface area (Å²) in [5, 5.41) is 0.672. The first-order valence-corrected chi connectivity index (χ1v) is 9.55. The Kier molecular flexibility index (Phi) is 4.63. The largest absolute Gasteiger partial charge is 0.354 e. The summed E-state index contributed by atoms with van der Waals surface area (Å²) in [6.45, 7) is 5.96. The Hall–Kier alpha value is -3.15. The molecule has 0 bridgehead atoms. The van der Waals surface area contributed by atoms with Crippen LogP contribution in [0.1, 0.15) is 47.5 Å². The first kappa shape index (κ1) is 18.2. The lowest BCUT2D eigenvalue weighted by Gasteiger charge is -2.33. The van der Waals surface area contributed by atoms with Gasteiger partial charge in [0, 0.05) is 44.7 Å². The highest BCUT2D eigenvalue weighted by Gasteiger charge is 2.29. The highest BCUT2D eigenvalue weighted by molar-refractivity contribution is 6.06. The molecule has 0 fully saturated rings. The van der Waals surface area contributed by atoms with Gasteiger partial charge in [-0.25, -0.2) is 0 Å². The summed E-state index contributed by atoms with van der Waals surface area (Å²) in [7, 11) is 1.84. The van der Waals surface area contributed by atoms with E-state index in [1.807, 2.05) is 32.3 Å². The predicted molar refractivity (Wildman–Crippen MR) is 112 cm³/mol. The van der Waals surface area contributed by atoms with Gasteiger partial charge in [-0.2, -0.15) is 0 Å². The molecule has 6 heteroatoms. The Morgan fingerprint density at radius 3 is 3.14 bits per heavy atom. The van der Waals surface area contributed by atoms with E-state index in [2.05, 4.69) is 16.5 Å². The summed E-state index contributed by atoms with van der Waals surface area (Å²) < 4.78 is 1.53. The number of hydrogen-bond acceptors (Lipinski definition) is 3. The minimum atomic E-state index is -0.142. The molecule has 28 heavy (non-hydrogen) atoms. The van der Waals surface area contributed by atoms with Crippen LogP contribution in [0, 0.1) is 6.92 Å². The number of aryl methyl sites for hydroxylation is 2. The van der Waals surface area contributed by atoms with Crippen LogP contribution in [0.25, 0.3) is 10.9 Å². The fourth-order valence-corrected chi connectivity index (χ4v) is 4.19. The van der Waals surface area contributed by atoms with Crippen LogP contribution in [0.15, 0.2) is 48.2 Å². The number of nitrogens with one attached hydrogen (secondary N) is 1. The van der Waals surface area contributed by atoms with Crippen LogP contribution in [0.3, 0.4) is 0 Å². The molecule has 6 nitrogen and oxygen atoms in total. The molecule has 0 spiro atoms. The van der Waals surface area contributed by atoms with Gasteiger partial charge in [0.15, 0.2) is 0 Å². The van der Waals surface area contributed by atoms with E-state index in [-0.39, 0.29) is 18.9 Å². The number of pyridine rings is 2. The molecule has 0 saturated carbocycles. The van der Waals surface area contributed by atoms with E-state index >= 15 is 0 Å². The van der Waals surface area contributed by atoms with E-state index in [1.165, 1.54) is 10.1 Å². The third kappa shape index (κ3) is 2.95. The number of allylic oxidation sites excluding steroid dienone is 1. The molecule has 3 heterocycles. The Labute approximate surface area is 165 Å². The lowest BCUT2D eigenvalue weighted by Crippen LogP contribution is -2.34. The molecule has 1 aliphatic carbocycles. The molecule has 1 unspecified atom stereocenters. The molecule has 0 aliphatic heterocycles. The highest BCUT2D eigenvalue weighted by atomic mass is 16.2. The van der Waals surface area contributed by atoms with Gasteiger partial charge in [0.1, 0.15) is 5.52 Å². The molecular weight excluding hydrogens is 352 g/mol. The van der Waals surface area contributed by atoms with Crippen molar-refractivity contribution in [3.8, 4) is 0 Å². The number of hydrogen-bond donors (Lipinski definition) is 1. The van der Waals surface area contributed by atoms with Crippen molar-refractivity contribution >= 4 is 16.8 Å². The number of rotatable bonds is 4. The topological polar surface area (TPSA) is 71.0 Å². The second-order valence-electron chi connectivity index (χ2n) is 7.43. The van der Waals surface area contributed by atoms with Gasteiger partial charge >= 0.3 is 0 Å². The summed E-state index contributed by atoms with van der Waals surface area (Å²) in [5.41, 5.74) is 4.08. The Morgan fingerprint density at radius 1 is 1.54 bits per heavy atom. The molecule has 0 radical (unpaired) electrons. The van der Waals surface area contributed by atoms with Gasteiger partial charge in [0.05, 0.1) is 11.6 Å². The molecule has 1 amide bonds. The minimum Gasteiger partial charge on any atom is -0.354 e. The molecule has 3 aromatic heterocycles. The fraction of sp³-hybridized carbons (Fsp3) is 0.318. The average molecular weight is 378 g/mol. The molecule has 1 aliphatic rings. The zero-order valence-electron chi connectivity index (χ0n) is 16.2. The van der Waals surface area contributed by atoms with Crippen molar-refractivity contribution < 1.29 is 6.22 Å². The maximum atomic E-state index is 13.5. The number of carbonyl (C=O) groups is 1. The highest BCUT2D eigenvalue weighted by Crippen LogP contribution is 2.34. The predicted octanol–water partition coefficient (Wildman–Crippen LogP) is 3.61. The number of nitrogens with zero attached hydrogens (tertiary/aromatic N) is 3. The second-order valence-corrected chi connectivity index (χ2v) is 7.43. The van der Waals surface area contributed by atoms with E-state index in [1.54, 1.807) is 23.4 Å².